The molecule has 1 saturated heterocycles. The molecule has 0 saturated carbocycles. The Labute approximate surface area is 156 Å². The Kier molecular flexibility index (Phi) is 5.61. The van der Waals surface area contributed by atoms with Crippen molar-refractivity contribution in [2.45, 2.75) is 17.4 Å². The lowest BCUT2D eigenvalue weighted by Gasteiger charge is -2.38. The number of primary amides is 1. The molecule has 0 unspecified atom stereocenters. The number of rotatable bonds is 8. The number of likely N-dealkylation sites (tertiary alicyclic amines) is 1. The molecule has 1 aromatic carbocycles. The van der Waals surface area contributed by atoms with Gasteiger partial charge in [-0.3, -0.25) is 9.69 Å². The number of sulfonamides is 1. The van der Waals surface area contributed by atoms with Crippen LogP contribution < -0.4 is 15.2 Å². The summed E-state index contributed by atoms with van der Waals surface area (Å²) in [6.07, 6.45) is 1.12. The van der Waals surface area contributed by atoms with Gasteiger partial charge in [0.15, 0.2) is 0 Å². The highest BCUT2D eigenvalue weighted by molar-refractivity contribution is 7.89. The van der Waals surface area contributed by atoms with Gasteiger partial charge in [0.1, 0.15) is 5.75 Å². The van der Waals surface area contributed by atoms with Gasteiger partial charge in [-0.15, -0.1) is 0 Å². The lowest BCUT2D eigenvalue weighted by Crippen LogP contribution is -2.44. The highest BCUT2D eigenvalue weighted by Crippen LogP contribution is 2.28. The van der Waals surface area contributed by atoms with E-state index in [9.17, 15) is 13.2 Å². The number of carbonyl (C=O) groups excluding carboxylic acids is 1. The fourth-order valence-electron chi connectivity index (χ4n) is 2.89. The van der Waals surface area contributed by atoms with E-state index in [0.717, 1.165) is 25.1 Å². The molecular weight excluding hydrogens is 374 g/mol. The monoisotopic (exact) mass is 395 g/mol. The molecule has 0 spiro atoms. The smallest absolute Gasteiger partial charge is 0.252 e. The van der Waals surface area contributed by atoms with Crippen molar-refractivity contribution in [3.8, 4) is 5.75 Å². The summed E-state index contributed by atoms with van der Waals surface area (Å²) in [6.45, 7) is 2.17. The van der Waals surface area contributed by atoms with Crippen LogP contribution in [0.3, 0.4) is 0 Å². The van der Waals surface area contributed by atoms with Crippen LogP contribution in [0.1, 0.15) is 28.4 Å². The summed E-state index contributed by atoms with van der Waals surface area (Å²) in [7, 11) is -2.39. The molecule has 1 aliphatic heterocycles. The second-order valence-corrected chi connectivity index (χ2v) is 8.59. The second kappa shape index (κ2) is 7.75. The number of hydrogen-bond donors (Lipinski definition) is 2. The Morgan fingerprint density at radius 3 is 2.69 bits per heavy atom. The number of nitrogens with zero attached hydrogens (tertiary/aromatic N) is 1. The van der Waals surface area contributed by atoms with E-state index < -0.39 is 15.9 Å². The summed E-state index contributed by atoms with van der Waals surface area (Å²) >= 11 is 1.59. The van der Waals surface area contributed by atoms with Gasteiger partial charge in [0.25, 0.3) is 5.91 Å². The second-order valence-electron chi connectivity index (χ2n) is 6.04. The van der Waals surface area contributed by atoms with Crippen LogP contribution in [0.5, 0.6) is 5.75 Å². The highest BCUT2D eigenvalue weighted by Gasteiger charge is 2.28. The minimum atomic E-state index is -3.78. The van der Waals surface area contributed by atoms with Crippen LogP contribution in [-0.2, 0) is 10.0 Å². The first-order chi connectivity index (χ1) is 12.4. The summed E-state index contributed by atoms with van der Waals surface area (Å²) in [5, 5.41) is 4.02. The minimum absolute atomic E-state index is 0.00126. The van der Waals surface area contributed by atoms with Crippen LogP contribution in [0.4, 0.5) is 0 Å². The van der Waals surface area contributed by atoms with Gasteiger partial charge in [-0.05, 0) is 47.0 Å². The molecular formula is C17H21N3O4S2. The number of nitrogens with two attached hydrogens (primary N) is 1. The fourth-order valence-corrected chi connectivity index (χ4v) is 4.66. The highest BCUT2D eigenvalue weighted by atomic mass is 32.2. The summed E-state index contributed by atoms with van der Waals surface area (Å²) in [5.74, 6) is -0.496. The molecule has 9 heteroatoms. The Morgan fingerprint density at radius 1 is 1.38 bits per heavy atom. The average molecular weight is 396 g/mol. The van der Waals surface area contributed by atoms with Crippen molar-refractivity contribution in [1.82, 2.24) is 9.62 Å². The van der Waals surface area contributed by atoms with Crippen molar-refractivity contribution < 1.29 is 17.9 Å². The van der Waals surface area contributed by atoms with Crippen LogP contribution >= 0.6 is 11.3 Å². The third-order valence-electron chi connectivity index (χ3n) is 4.47. The molecule has 0 radical (unpaired) electrons. The fraction of sp³-hybridized carbons (Fsp3) is 0.353. The summed E-state index contributed by atoms with van der Waals surface area (Å²) in [4.78, 5) is 13.8. The van der Waals surface area contributed by atoms with E-state index in [0.29, 0.717) is 0 Å². The van der Waals surface area contributed by atoms with Crippen LogP contribution in [0.15, 0.2) is 39.9 Å². The van der Waals surface area contributed by atoms with Crippen molar-refractivity contribution >= 4 is 27.3 Å². The van der Waals surface area contributed by atoms with E-state index in [1.165, 1.54) is 25.3 Å². The molecule has 0 bridgehead atoms. The largest absolute Gasteiger partial charge is 0.496 e. The Hall–Kier alpha value is -1.94. The van der Waals surface area contributed by atoms with Gasteiger partial charge in [0, 0.05) is 25.7 Å². The maximum absolute atomic E-state index is 12.7. The predicted molar refractivity (Wildman–Crippen MR) is 100.0 cm³/mol. The maximum atomic E-state index is 12.7. The zero-order valence-electron chi connectivity index (χ0n) is 14.3. The number of hydrogen-bond acceptors (Lipinski definition) is 6. The Bertz CT molecular complexity index is 877. The minimum Gasteiger partial charge on any atom is -0.496 e. The quantitative estimate of drug-likeness (QED) is 0.707. The number of methoxy groups -OCH3 is 1. The molecule has 3 rings (SSSR count). The average Bonchev–Trinajstić information content (AvgIpc) is 3.10. The standard InChI is InChI=1S/C17H21N3O4S2/c1-24-16-4-3-13(9-14(16)17(18)21)26(22,23)19-10-15(20-6-2-7-20)12-5-8-25-11-12/h3-5,8-9,11,15,19H,2,6-7,10H2,1H3,(H2,18,21)/t15-/m1/s1. The van der Waals surface area contributed by atoms with Gasteiger partial charge in [-0.25, -0.2) is 13.1 Å². The molecule has 3 N–H and O–H groups in total. The molecule has 1 aromatic heterocycles. The Morgan fingerprint density at radius 2 is 2.15 bits per heavy atom. The number of benzene rings is 1. The van der Waals surface area contributed by atoms with E-state index in [4.69, 9.17) is 10.5 Å². The zero-order chi connectivity index (χ0) is 18.7. The van der Waals surface area contributed by atoms with Gasteiger partial charge >= 0.3 is 0 Å². The first-order valence-electron chi connectivity index (χ1n) is 8.16. The normalized spacial score (nSPS) is 16.0. The number of thiophene rings is 1. The van der Waals surface area contributed by atoms with Crippen molar-refractivity contribution in [3.05, 3.63) is 46.2 Å². The molecule has 1 amide bonds. The van der Waals surface area contributed by atoms with Crippen molar-refractivity contribution in [2.24, 2.45) is 5.73 Å². The van der Waals surface area contributed by atoms with Crippen LogP contribution in [0, 0.1) is 0 Å². The SMILES string of the molecule is COc1ccc(S(=O)(=O)NC[C@H](c2ccsc2)N2CCC2)cc1C(N)=O. The predicted octanol–water partition coefficient (Wildman–Crippen LogP) is 1.58. The van der Waals surface area contributed by atoms with Crippen LogP contribution in [0.25, 0.3) is 0 Å². The van der Waals surface area contributed by atoms with Crippen molar-refractivity contribution in [1.29, 1.82) is 0 Å². The zero-order valence-corrected chi connectivity index (χ0v) is 16.0. The van der Waals surface area contributed by atoms with Crippen molar-refractivity contribution in [3.63, 3.8) is 0 Å². The first-order valence-corrected chi connectivity index (χ1v) is 10.6. The number of carbonyl (C=O) groups is 1. The van der Waals surface area contributed by atoms with E-state index in [1.54, 1.807) is 11.3 Å². The lowest BCUT2D eigenvalue weighted by atomic mass is 10.1. The summed E-state index contributed by atoms with van der Waals surface area (Å²) in [5.41, 5.74) is 6.45. The van der Waals surface area contributed by atoms with Crippen LogP contribution in [-0.4, -0.2) is 46.0 Å². The Balaban J connectivity index is 1.80. The van der Waals surface area contributed by atoms with Gasteiger partial charge in [0.05, 0.1) is 17.6 Å². The first kappa shape index (κ1) is 18.8. The van der Waals surface area contributed by atoms with Gasteiger partial charge in [-0.2, -0.15) is 11.3 Å². The molecule has 1 fully saturated rings. The van der Waals surface area contributed by atoms with Gasteiger partial charge in [-0.1, -0.05) is 0 Å². The third kappa shape index (κ3) is 3.90. The molecule has 2 aromatic rings. The molecule has 1 atom stereocenters. The maximum Gasteiger partial charge on any atom is 0.252 e. The molecule has 0 aliphatic carbocycles. The van der Waals surface area contributed by atoms with E-state index in [-0.39, 0.29) is 28.8 Å². The van der Waals surface area contributed by atoms with E-state index in [2.05, 4.69) is 9.62 Å². The molecule has 2 heterocycles. The third-order valence-corrected chi connectivity index (χ3v) is 6.60. The van der Waals surface area contributed by atoms with Crippen molar-refractivity contribution in [2.75, 3.05) is 26.7 Å². The van der Waals surface area contributed by atoms with E-state index >= 15 is 0 Å². The van der Waals surface area contributed by atoms with Gasteiger partial charge < -0.3 is 10.5 Å². The summed E-state index contributed by atoms with van der Waals surface area (Å²) in [6, 6.07) is 6.09. The number of ether oxygens (including phenoxy) is 1. The lowest BCUT2D eigenvalue weighted by molar-refractivity contribution is 0.0997. The van der Waals surface area contributed by atoms with Crippen LogP contribution in [0.2, 0.25) is 0 Å². The summed E-state index contributed by atoms with van der Waals surface area (Å²) < 4.78 is 33.1. The molecule has 140 valence electrons. The number of amides is 1. The topological polar surface area (TPSA) is 102 Å². The number of nitrogens with one attached hydrogen (secondary N) is 1. The molecule has 26 heavy (non-hydrogen) atoms. The molecule has 7 nitrogen and oxygen atoms in total. The van der Waals surface area contributed by atoms with Gasteiger partial charge in [0.2, 0.25) is 10.0 Å². The van der Waals surface area contributed by atoms with E-state index in [1.807, 2.05) is 16.8 Å². The molecule has 1 aliphatic rings.